The van der Waals surface area contributed by atoms with Crippen LogP contribution in [0.15, 0.2) is 41.0 Å². The molecule has 0 bridgehead atoms. The smallest absolute Gasteiger partial charge is 0.119 e. The van der Waals surface area contributed by atoms with Crippen LogP contribution in [0.25, 0.3) is 0 Å². The molecule has 1 aromatic heterocycles. The van der Waals surface area contributed by atoms with Crippen LogP contribution in [0, 0.1) is 0 Å². The van der Waals surface area contributed by atoms with E-state index >= 15 is 0 Å². The van der Waals surface area contributed by atoms with Crippen LogP contribution in [0.5, 0.6) is 5.75 Å². The first-order chi connectivity index (χ1) is 11.3. The molecule has 1 N–H and O–H groups in total. The van der Waals surface area contributed by atoms with Crippen LogP contribution < -0.4 is 10.1 Å². The molecule has 124 valence electrons. The van der Waals surface area contributed by atoms with E-state index in [4.69, 9.17) is 9.15 Å². The van der Waals surface area contributed by atoms with Gasteiger partial charge in [-0.25, -0.2) is 0 Å². The molecule has 1 aliphatic carbocycles. The summed E-state index contributed by atoms with van der Waals surface area (Å²) in [7, 11) is 1.74. The van der Waals surface area contributed by atoms with Crippen molar-refractivity contribution in [3.05, 3.63) is 53.5 Å². The molecule has 0 saturated heterocycles. The fraction of sp³-hybridized carbons (Fsp3) is 0.500. The number of furan rings is 1. The molecule has 2 atom stereocenters. The van der Waals surface area contributed by atoms with Crippen molar-refractivity contribution in [3.8, 4) is 5.75 Å². The second kappa shape index (κ2) is 7.69. The zero-order valence-electron chi connectivity index (χ0n) is 14.2. The first-order valence-corrected chi connectivity index (χ1v) is 8.72. The molecule has 0 fully saturated rings. The van der Waals surface area contributed by atoms with Gasteiger partial charge in [-0.2, -0.15) is 0 Å². The van der Waals surface area contributed by atoms with Gasteiger partial charge in [0.1, 0.15) is 11.5 Å². The van der Waals surface area contributed by atoms with Crippen LogP contribution in [0.4, 0.5) is 0 Å². The predicted molar refractivity (Wildman–Crippen MR) is 93.3 cm³/mol. The summed E-state index contributed by atoms with van der Waals surface area (Å²) in [6.45, 7) is 4.13. The molecule has 2 aromatic rings. The second-order valence-electron chi connectivity index (χ2n) is 6.41. The van der Waals surface area contributed by atoms with E-state index in [1.807, 2.05) is 6.07 Å². The largest absolute Gasteiger partial charge is 0.497 e. The Morgan fingerprint density at radius 1 is 1.35 bits per heavy atom. The van der Waals surface area contributed by atoms with Crippen LogP contribution in [0.2, 0.25) is 0 Å². The molecule has 3 rings (SSSR count). The van der Waals surface area contributed by atoms with Crippen LogP contribution in [-0.2, 0) is 6.42 Å². The Morgan fingerprint density at radius 2 is 2.26 bits per heavy atom. The zero-order valence-corrected chi connectivity index (χ0v) is 14.2. The minimum atomic E-state index is 0.433. The van der Waals surface area contributed by atoms with Gasteiger partial charge in [-0.3, -0.25) is 0 Å². The molecule has 0 aliphatic heterocycles. The van der Waals surface area contributed by atoms with E-state index in [1.54, 1.807) is 13.4 Å². The predicted octanol–water partition coefficient (Wildman–Crippen LogP) is 4.49. The van der Waals surface area contributed by atoms with Gasteiger partial charge in [-0.05, 0) is 73.5 Å². The maximum Gasteiger partial charge on any atom is 0.119 e. The van der Waals surface area contributed by atoms with E-state index in [9.17, 15) is 0 Å². The number of hydrogen-bond donors (Lipinski definition) is 1. The number of methoxy groups -OCH3 is 1. The molecule has 3 nitrogen and oxygen atoms in total. The van der Waals surface area contributed by atoms with Crippen molar-refractivity contribution in [2.45, 2.75) is 44.4 Å². The van der Waals surface area contributed by atoms with Crippen LogP contribution in [0.3, 0.4) is 0 Å². The van der Waals surface area contributed by atoms with Gasteiger partial charge in [0.15, 0.2) is 0 Å². The number of benzene rings is 1. The van der Waals surface area contributed by atoms with Gasteiger partial charge in [0.25, 0.3) is 0 Å². The van der Waals surface area contributed by atoms with E-state index in [2.05, 4.69) is 36.5 Å². The molecule has 1 aliphatic rings. The average Bonchev–Trinajstić information content (AvgIpc) is 3.12. The minimum Gasteiger partial charge on any atom is -0.497 e. The first kappa shape index (κ1) is 16.1. The number of hydrogen-bond acceptors (Lipinski definition) is 3. The first-order valence-electron chi connectivity index (χ1n) is 8.72. The number of nitrogens with one attached hydrogen (secondary N) is 1. The topological polar surface area (TPSA) is 34.4 Å². The van der Waals surface area contributed by atoms with Gasteiger partial charge in [0, 0.05) is 12.5 Å². The lowest BCUT2D eigenvalue weighted by Gasteiger charge is -2.29. The molecule has 3 heteroatoms. The SMILES string of the molecule is CCNCC(CC1CCCc2cc(OC)ccc21)c1ccco1. The molecule has 0 spiro atoms. The number of ether oxygens (including phenoxy) is 1. The maximum atomic E-state index is 5.70. The monoisotopic (exact) mass is 313 g/mol. The van der Waals surface area contributed by atoms with Gasteiger partial charge >= 0.3 is 0 Å². The summed E-state index contributed by atoms with van der Waals surface area (Å²) in [4.78, 5) is 0. The minimum absolute atomic E-state index is 0.433. The van der Waals surface area contributed by atoms with Gasteiger partial charge in [-0.15, -0.1) is 0 Å². The second-order valence-corrected chi connectivity index (χ2v) is 6.41. The van der Waals surface area contributed by atoms with E-state index in [-0.39, 0.29) is 0 Å². The Bertz CT molecular complexity index is 606. The van der Waals surface area contributed by atoms with E-state index in [0.29, 0.717) is 11.8 Å². The molecule has 1 aromatic carbocycles. The number of aryl methyl sites for hydroxylation is 1. The maximum absolute atomic E-state index is 5.70. The fourth-order valence-electron chi connectivity index (χ4n) is 3.75. The van der Waals surface area contributed by atoms with Crippen LogP contribution in [0.1, 0.15) is 54.9 Å². The standard InChI is InChI=1S/C20H27NO2/c1-3-21-14-17(20-8-5-11-23-20)12-15-6-4-7-16-13-18(22-2)9-10-19(15)16/h5,8-11,13,15,17,21H,3-4,6-7,12,14H2,1-2H3. The molecule has 1 heterocycles. The molecule has 23 heavy (non-hydrogen) atoms. The third kappa shape index (κ3) is 3.78. The van der Waals surface area contributed by atoms with E-state index in [1.165, 1.54) is 30.4 Å². The molecule has 0 amide bonds. The highest BCUT2D eigenvalue weighted by atomic mass is 16.5. The molecular formula is C20H27NO2. The van der Waals surface area contributed by atoms with Crippen molar-refractivity contribution in [1.29, 1.82) is 0 Å². The lowest BCUT2D eigenvalue weighted by molar-refractivity contribution is 0.390. The highest BCUT2D eigenvalue weighted by molar-refractivity contribution is 5.39. The number of fused-ring (bicyclic) bond motifs is 1. The summed E-state index contributed by atoms with van der Waals surface area (Å²) >= 11 is 0. The summed E-state index contributed by atoms with van der Waals surface area (Å²) in [5.74, 6) is 3.12. The summed E-state index contributed by atoms with van der Waals surface area (Å²) in [6, 6.07) is 10.7. The summed E-state index contributed by atoms with van der Waals surface area (Å²) in [5, 5.41) is 3.49. The van der Waals surface area contributed by atoms with E-state index in [0.717, 1.165) is 31.0 Å². The Kier molecular flexibility index (Phi) is 5.39. The van der Waals surface area contributed by atoms with Crippen LogP contribution in [-0.4, -0.2) is 20.2 Å². The van der Waals surface area contributed by atoms with Crippen molar-refractivity contribution >= 4 is 0 Å². The van der Waals surface area contributed by atoms with Crippen LogP contribution >= 0.6 is 0 Å². The van der Waals surface area contributed by atoms with Gasteiger partial charge in [0.05, 0.1) is 13.4 Å². The average molecular weight is 313 g/mol. The zero-order chi connectivity index (χ0) is 16.1. The quantitative estimate of drug-likeness (QED) is 0.817. The number of likely N-dealkylation sites (N-methyl/N-ethyl adjacent to an activating group) is 1. The highest BCUT2D eigenvalue weighted by Gasteiger charge is 2.25. The number of rotatable bonds is 7. The van der Waals surface area contributed by atoms with Gasteiger partial charge in [0.2, 0.25) is 0 Å². The molecule has 0 radical (unpaired) electrons. The highest BCUT2D eigenvalue weighted by Crippen LogP contribution is 2.39. The Morgan fingerprint density at radius 3 is 3.00 bits per heavy atom. The van der Waals surface area contributed by atoms with Gasteiger partial charge in [-0.1, -0.05) is 13.0 Å². The van der Waals surface area contributed by atoms with Crippen molar-refractivity contribution in [2.24, 2.45) is 0 Å². The lowest BCUT2D eigenvalue weighted by atomic mass is 9.77. The van der Waals surface area contributed by atoms with Crippen molar-refractivity contribution < 1.29 is 9.15 Å². The summed E-state index contributed by atoms with van der Waals surface area (Å²) < 4.78 is 11.1. The van der Waals surface area contributed by atoms with Crippen molar-refractivity contribution in [1.82, 2.24) is 5.32 Å². The fourth-order valence-corrected chi connectivity index (χ4v) is 3.75. The Balaban J connectivity index is 1.79. The Hall–Kier alpha value is -1.74. The third-order valence-corrected chi connectivity index (χ3v) is 4.94. The molecule has 2 unspecified atom stereocenters. The lowest BCUT2D eigenvalue weighted by Crippen LogP contribution is -2.23. The van der Waals surface area contributed by atoms with Crippen molar-refractivity contribution in [2.75, 3.05) is 20.2 Å². The third-order valence-electron chi connectivity index (χ3n) is 4.94. The van der Waals surface area contributed by atoms with Crippen molar-refractivity contribution in [3.63, 3.8) is 0 Å². The summed E-state index contributed by atoms with van der Waals surface area (Å²) in [5.41, 5.74) is 2.97. The Labute approximate surface area is 139 Å². The molecular weight excluding hydrogens is 286 g/mol. The molecule has 0 saturated carbocycles. The van der Waals surface area contributed by atoms with E-state index < -0.39 is 0 Å². The normalized spacial score (nSPS) is 18.4. The summed E-state index contributed by atoms with van der Waals surface area (Å²) in [6.07, 6.45) is 6.62. The van der Waals surface area contributed by atoms with Gasteiger partial charge < -0.3 is 14.5 Å².